The Hall–Kier alpha value is -1.04. The Balaban J connectivity index is 2.00. The van der Waals surface area contributed by atoms with Gasteiger partial charge in [0.15, 0.2) is 0 Å². The van der Waals surface area contributed by atoms with Crippen LogP contribution in [0.3, 0.4) is 0 Å². The lowest BCUT2D eigenvalue weighted by Gasteiger charge is -2.21. The SMILES string of the molecule is CC1C2C=CC=CC2C2C=CC=CC12. The maximum Gasteiger partial charge on any atom is -0.00957 e. The summed E-state index contributed by atoms with van der Waals surface area (Å²) >= 11 is 0. The van der Waals surface area contributed by atoms with Crippen LogP contribution in [0.5, 0.6) is 0 Å². The van der Waals surface area contributed by atoms with Gasteiger partial charge in [-0.1, -0.05) is 55.5 Å². The highest BCUT2D eigenvalue weighted by molar-refractivity contribution is 5.27. The molecule has 0 aromatic heterocycles. The highest BCUT2D eigenvalue weighted by atomic mass is 14.5. The molecule has 0 aromatic rings. The number of rotatable bonds is 0. The zero-order valence-electron chi connectivity index (χ0n) is 8.51. The first-order chi connectivity index (χ1) is 6.88. The number of hydrogen-bond acceptors (Lipinski definition) is 0. The third-order valence-corrected chi connectivity index (χ3v) is 4.10. The minimum absolute atomic E-state index is 0.751. The Kier molecular flexibility index (Phi) is 1.76. The lowest BCUT2D eigenvalue weighted by Crippen LogP contribution is -2.14. The maximum absolute atomic E-state index is 2.40. The van der Waals surface area contributed by atoms with E-state index in [2.05, 4.69) is 55.5 Å². The van der Waals surface area contributed by atoms with E-state index in [1.807, 2.05) is 0 Å². The van der Waals surface area contributed by atoms with E-state index in [1.54, 1.807) is 0 Å². The molecule has 0 heterocycles. The summed E-state index contributed by atoms with van der Waals surface area (Å²) in [7, 11) is 0. The Morgan fingerprint density at radius 2 is 0.929 bits per heavy atom. The van der Waals surface area contributed by atoms with E-state index in [0.717, 1.165) is 29.6 Å². The first-order valence-corrected chi connectivity index (χ1v) is 5.58. The molecule has 0 aromatic carbocycles. The van der Waals surface area contributed by atoms with Gasteiger partial charge in [-0.3, -0.25) is 0 Å². The molecule has 0 nitrogen and oxygen atoms in total. The fraction of sp³-hybridized carbons (Fsp3) is 0.429. The zero-order chi connectivity index (χ0) is 9.54. The Morgan fingerprint density at radius 3 is 1.36 bits per heavy atom. The predicted molar refractivity (Wildman–Crippen MR) is 59.7 cm³/mol. The van der Waals surface area contributed by atoms with Gasteiger partial charge in [0.05, 0.1) is 0 Å². The minimum Gasteiger partial charge on any atom is -0.0805 e. The van der Waals surface area contributed by atoms with Crippen LogP contribution in [0.1, 0.15) is 6.92 Å². The van der Waals surface area contributed by atoms with E-state index in [9.17, 15) is 0 Å². The maximum atomic E-state index is 2.40. The second-order valence-corrected chi connectivity index (χ2v) is 4.71. The van der Waals surface area contributed by atoms with Gasteiger partial charge in [-0.05, 0) is 29.6 Å². The molecule has 14 heavy (non-hydrogen) atoms. The van der Waals surface area contributed by atoms with Crippen molar-refractivity contribution in [1.82, 2.24) is 0 Å². The van der Waals surface area contributed by atoms with E-state index < -0.39 is 0 Å². The number of allylic oxidation sites excluding steroid dienone is 8. The van der Waals surface area contributed by atoms with Crippen LogP contribution in [0, 0.1) is 29.6 Å². The van der Waals surface area contributed by atoms with E-state index in [1.165, 1.54) is 0 Å². The summed E-state index contributed by atoms with van der Waals surface area (Å²) in [4.78, 5) is 0. The molecule has 0 radical (unpaired) electrons. The van der Waals surface area contributed by atoms with Gasteiger partial charge in [0.25, 0.3) is 0 Å². The first kappa shape index (κ1) is 8.28. The molecule has 3 aliphatic carbocycles. The average molecular weight is 184 g/mol. The van der Waals surface area contributed by atoms with E-state index in [-0.39, 0.29) is 0 Å². The van der Waals surface area contributed by atoms with Crippen molar-refractivity contribution in [3.63, 3.8) is 0 Å². The van der Waals surface area contributed by atoms with Crippen LogP contribution in [0.25, 0.3) is 0 Å². The van der Waals surface area contributed by atoms with Crippen LogP contribution in [0.15, 0.2) is 48.6 Å². The molecule has 1 fully saturated rings. The molecule has 4 unspecified atom stereocenters. The normalized spacial score (nSPS) is 47.9. The highest BCUT2D eigenvalue weighted by Gasteiger charge is 2.44. The standard InChI is InChI=1S/C14H16/c1-10-11-6-2-4-8-13(11)14-9-5-3-7-12(10)14/h2-14H,1H3. The van der Waals surface area contributed by atoms with Gasteiger partial charge in [0, 0.05) is 0 Å². The molecule has 3 rings (SSSR count). The molecular weight excluding hydrogens is 168 g/mol. The van der Waals surface area contributed by atoms with Crippen LogP contribution in [-0.4, -0.2) is 0 Å². The summed E-state index contributed by atoms with van der Waals surface area (Å²) < 4.78 is 0. The third kappa shape index (κ3) is 1.00. The Labute approximate surface area is 85.7 Å². The molecule has 4 atom stereocenters. The molecule has 0 bridgehead atoms. The molecule has 0 N–H and O–H groups in total. The van der Waals surface area contributed by atoms with Crippen LogP contribution in [0.4, 0.5) is 0 Å². The molecule has 72 valence electrons. The number of fused-ring (bicyclic) bond motifs is 3. The Bertz CT molecular complexity index is 309. The summed E-state index contributed by atoms with van der Waals surface area (Å²) in [6, 6.07) is 0. The average Bonchev–Trinajstić information content (AvgIpc) is 2.55. The second kappa shape index (κ2) is 2.98. The van der Waals surface area contributed by atoms with Crippen molar-refractivity contribution in [2.24, 2.45) is 29.6 Å². The minimum atomic E-state index is 0.751. The lowest BCUT2D eigenvalue weighted by atomic mass is 9.83. The van der Waals surface area contributed by atoms with Crippen molar-refractivity contribution in [2.75, 3.05) is 0 Å². The summed E-state index contributed by atoms with van der Waals surface area (Å²) in [5.74, 6) is 3.83. The van der Waals surface area contributed by atoms with Gasteiger partial charge in [-0.2, -0.15) is 0 Å². The largest absolute Gasteiger partial charge is 0.0805 e. The summed E-state index contributed by atoms with van der Waals surface area (Å²) in [6.45, 7) is 2.40. The summed E-state index contributed by atoms with van der Waals surface area (Å²) in [5, 5.41) is 0. The van der Waals surface area contributed by atoms with Gasteiger partial charge in [0.1, 0.15) is 0 Å². The smallest absolute Gasteiger partial charge is 0.00957 e. The van der Waals surface area contributed by atoms with Gasteiger partial charge in [-0.25, -0.2) is 0 Å². The quantitative estimate of drug-likeness (QED) is 0.541. The van der Waals surface area contributed by atoms with Crippen molar-refractivity contribution in [3.8, 4) is 0 Å². The zero-order valence-corrected chi connectivity index (χ0v) is 8.51. The number of hydrogen-bond donors (Lipinski definition) is 0. The first-order valence-electron chi connectivity index (χ1n) is 5.58. The van der Waals surface area contributed by atoms with Crippen molar-refractivity contribution >= 4 is 0 Å². The van der Waals surface area contributed by atoms with E-state index >= 15 is 0 Å². The van der Waals surface area contributed by atoms with Gasteiger partial charge < -0.3 is 0 Å². The van der Waals surface area contributed by atoms with E-state index in [0.29, 0.717) is 0 Å². The van der Waals surface area contributed by atoms with E-state index in [4.69, 9.17) is 0 Å². The van der Waals surface area contributed by atoms with Crippen LogP contribution < -0.4 is 0 Å². The fourth-order valence-corrected chi connectivity index (χ4v) is 3.36. The van der Waals surface area contributed by atoms with Gasteiger partial charge in [0.2, 0.25) is 0 Å². The molecule has 0 amide bonds. The summed E-state index contributed by atoms with van der Waals surface area (Å²) in [6.07, 6.45) is 18.4. The van der Waals surface area contributed by atoms with Crippen molar-refractivity contribution < 1.29 is 0 Å². The molecule has 0 saturated heterocycles. The van der Waals surface area contributed by atoms with Crippen LogP contribution in [-0.2, 0) is 0 Å². The molecule has 3 aliphatic rings. The Morgan fingerprint density at radius 1 is 0.571 bits per heavy atom. The molecule has 0 spiro atoms. The third-order valence-electron chi connectivity index (χ3n) is 4.10. The summed E-state index contributed by atoms with van der Waals surface area (Å²) in [5.41, 5.74) is 0. The lowest BCUT2D eigenvalue weighted by molar-refractivity contribution is 0.415. The second-order valence-electron chi connectivity index (χ2n) is 4.71. The predicted octanol–water partition coefficient (Wildman–Crippen LogP) is 3.35. The molecule has 0 aliphatic heterocycles. The molecule has 1 saturated carbocycles. The fourth-order valence-electron chi connectivity index (χ4n) is 3.36. The van der Waals surface area contributed by atoms with Crippen molar-refractivity contribution in [2.45, 2.75) is 6.92 Å². The van der Waals surface area contributed by atoms with Crippen LogP contribution in [0.2, 0.25) is 0 Å². The van der Waals surface area contributed by atoms with Crippen molar-refractivity contribution in [3.05, 3.63) is 48.6 Å². The van der Waals surface area contributed by atoms with Gasteiger partial charge in [-0.15, -0.1) is 0 Å². The topological polar surface area (TPSA) is 0 Å². The molecular formula is C14H16. The highest BCUT2D eigenvalue weighted by Crippen LogP contribution is 2.50. The van der Waals surface area contributed by atoms with Crippen molar-refractivity contribution in [1.29, 1.82) is 0 Å². The van der Waals surface area contributed by atoms with Crippen LogP contribution >= 0.6 is 0 Å². The van der Waals surface area contributed by atoms with Gasteiger partial charge >= 0.3 is 0 Å². The monoisotopic (exact) mass is 184 g/mol. The molecule has 0 heteroatoms.